The first-order chi connectivity index (χ1) is 12.1. The summed E-state index contributed by atoms with van der Waals surface area (Å²) in [6.45, 7) is 0.694. The monoisotopic (exact) mass is 340 g/mol. The number of hydrogen-bond donors (Lipinski definition) is 2. The van der Waals surface area contributed by atoms with Crippen LogP contribution in [0.5, 0.6) is 0 Å². The highest BCUT2D eigenvalue weighted by atomic mass is 16.2. The van der Waals surface area contributed by atoms with Gasteiger partial charge >= 0.3 is 0 Å². The zero-order chi connectivity index (χ0) is 18.1. The Morgan fingerprint density at radius 1 is 1.24 bits per heavy atom. The molecule has 8 heteroatoms. The molecule has 0 saturated heterocycles. The number of nitrogens with zero attached hydrogens (tertiary/aromatic N) is 4. The average molecular weight is 340 g/mol. The van der Waals surface area contributed by atoms with E-state index in [4.69, 9.17) is 0 Å². The number of carbonyl (C=O) groups excluding carboxylic acids is 2. The predicted molar refractivity (Wildman–Crippen MR) is 94.5 cm³/mol. The number of hydrogen-bond acceptors (Lipinski definition) is 6. The molecule has 0 radical (unpaired) electrons. The molecule has 0 spiro atoms. The fourth-order valence-corrected chi connectivity index (χ4v) is 2.07. The van der Waals surface area contributed by atoms with Gasteiger partial charge in [-0.3, -0.25) is 14.6 Å². The lowest BCUT2D eigenvalue weighted by molar-refractivity contribution is -0.118. The van der Waals surface area contributed by atoms with Gasteiger partial charge in [0, 0.05) is 45.1 Å². The van der Waals surface area contributed by atoms with Gasteiger partial charge in [-0.05, 0) is 24.3 Å². The standard InChI is InChI=1S/C17H20N6O2/c1-18-16(25)15(21-12-24)11-14-6-9-20-17(22-14)23(2)10-7-13-5-3-4-8-19-13/h3-6,8-9,11-12H,7,10H2,1-2H3,(H,18,25)(H,21,24)/b15-11-. The van der Waals surface area contributed by atoms with Crippen LogP contribution in [0.1, 0.15) is 11.4 Å². The molecule has 130 valence electrons. The Morgan fingerprint density at radius 3 is 2.76 bits per heavy atom. The van der Waals surface area contributed by atoms with E-state index >= 15 is 0 Å². The number of aromatic nitrogens is 3. The minimum Gasteiger partial charge on any atom is -0.354 e. The molecule has 0 fully saturated rings. The number of rotatable bonds is 8. The molecule has 2 N–H and O–H groups in total. The molecule has 0 unspecified atom stereocenters. The molecule has 8 nitrogen and oxygen atoms in total. The van der Waals surface area contributed by atoms with E-state index in [9.17, 15) is 9.59 Å². The largest absolute Gasteiger partial charge is 0.354 e. The van der Waals surface area contributed by atoms with E-state index < -0.39 is 5.91 Å². The lowest BCUT2D eigenvalue weighted by atomic mass is 10.2. The zero-order valence-corrected chi connectivity index (χ0v) is 14.1. The van der Waals surface area contributed by atoms with E-state index in [0.29, 0.717) is 24.6 Å². The van der Waals surface area contributed by atoms with Gasteiger partial charge in [-0.1, -0.05) is 6.07 Å². The van der Waals surface area contributed by atoms with Crippen LogP contribution in [0.2, 0.25) is 0 Å². The third-order valence-corrected chi connectivity index (χ3v) is 3.41. The van der Waals surface area contributed by atoms with E-state index in [-0.39, 0.29) is 5.70 Å². The van der Waals surface area contributed by atoms with E-state index in [2.05, 4.69) is 25.6 Å². The van der Waals surface area contributed by atoms with Crippen molar-refractivity contribution < 1.29 is 9.59 Å². The van der Waals surface area contributed by atoms with Crippen LogP contribution in [0.25, 0.3) is 6.08 Å². The lowest BCUT2D eigenvalue weighted by Gasteiger charge is -2.16. The number of anilines is 1. The van der Waals surface area contributed by atoms with Crippen molar-refractivity contribution >= 4 is 24.3 Å². The van der Waals surface area contributed by atoms with E-state index in [1.165, 1.54) is 13.1 Å². The normalized spacial score (nSPS) is 10.9. The fourth-order valence-electron chi connectivity index (χ4n) is 2.07. The van der Waals surface area contributed by atoms with Crippen molar-refractivity contribution in [2.75, 3.05) is 25.5 Å². The van der Waals surface area contributed by atoms with Gasteiger partial charge in [0.1, 0.15) is 5.70 Å². The Kier molecular flexibility index (Phi) is 6.58. The van der Waals surface area contributed by atoms with Crippen molar-refractivity contribution in [1.82, 2.24) is 25.6 Å². The first-order valence-corrected chi connectivity index (χ1v) is 7.72. The molecule has 2 aromatic rings. The second-order valence-electron chi connectivity index (χ2n) is 5.17. The summed E-state index contributed by atoms with van der Waals surface area (Å²) in [4.78, 5) is 37.2. The number of carbonyl (C=O) groups is 2. The second-order valence-corrected chi connectivity index (χ2v) is 5.17. The molecule has 0 aromatic carbocycles. The van der Waals surface area contributed by atoms with Gasteiger partial charge in [0.15, 0.2) is 0 Å². The molecule has 2 amide bonds. The molecule has 0 atom stereocenters. The summed E-state index contributed by atoms with van der Waals surface area (Å²) >= 11 is 0. The van der Waals surface area contributed by atoms with Crippen molar-refractivity contribution in [3.05, 3.63) is 53.7 Å². The van der Waals surface area contributed by atoms with Gasteiger partial charge in [0.2, 0.25) is 12.4 Å². The summed E-state index contributed by atoms with van der Waals surface area (Å²) in [6, 6.07) is 7.45. The van der Waals surface area contributed by atoms with Crippen LogP contribution in [0, 0.1) is 0 Å². The highest BCUT2D eigenvalue weighted by molar-refractivity contribution is 5.98. The topological polar surface area (TPSA) is 100 Å². The van der Waals surface area contributed by atoms with Crippen LogP contribution in [0.15, 0.2) is 42.4 Å². The van der Waals surface area contributed by atoms with Gasteiger partial charge in [0.05, 0.1) is 5.69 Å². The van der Waals surface area contributed by atoms with Crippen LogP contribution >= 0.6 is 0 Å². The summed E-state index contributed by atoms with van der Waals surface area (Å²) in [5.41, 5.74) is 1.61. The van der Waals surface area contributed by atoms with Crippen molar-refractivity contribution in [2.45, 2.75) is 6.42 Å². The van der Waals surface area contributed by atoms with E-state index in [0.717, 1.165) is 12.1 Å². The molecule has 0 saturated carbocycles. The Balaban J connectivity index is 2.11. The summed E-state index contributed by atoms with van der Waals surface area (Å²) in [5.74, 6) is 0.114. The molecule has 2 rings (SSSR count). The van der Waals surface area contributed by atoms with E-state index in [1.54, 1.807) is 18.5 Å². The minimum atomic E-state index is -0.407. The van der Waals surface area contributed by atoms with Gasteiger partial charge < -0.3 is 15.5 Å². The van der Waals surface area contributed by atoms with Gasteiger partial charge in [-0.25, -0.2) is 9.97 Å². The maximum absolute atomic E-state index is 11.7. The summed E-state index contributed by atoms with van der Waals surface area (Å²) < 4.78 is 0. The predicted octanol–water partition coefficient (Wildman–Crippen LogP) is 0.383. The smallest absolute Gasteiger partial charge is 0.267 e. The van der Waals surface area contributed by atoms with Crippen molar-refractivity contribution in [1.29, 1.82) is 0 Å². The zero-order valence-electron chi connectivity index (χ0n) is 14.1. The maximum atomic E-state index is 11.7. The van der Waals surface area contributed by atoms with Crippen molar-refractivity contribution in [3.63, 3.8) is 0 Å². The van der Waals surface area contributed by atoms with Crippen LogP contribution in [-0.2, 0) is 16.0 Å². The molecule has 0 bridgehead atoms. The average Bonchev–Trinajstić information content (AvgIpc) is 2.66. The molecule has 2 heterocycles. The maximum Gasteiger partial charge on any atom is 0.267 e. The summed E-state index contributed by atoms with van der Waals surface area (Å²) in [7, 11) is 3.37. The third-order valence-electron chi connectivity index (χ3n) is 3.41. The van der Waals surface area contributed by atoms with E-state index in [1.807, 2.05) is 30.1 Å². The number of amides is 2. The summed E-state index contributed by atoms with van der Waals surface area (Å²) in [6.07, 6.45) is 6.07. The van der Waals surface area contributed by atoms with Gasteiger partial charge in [-0.2, -0.15) is 0 Å². The number of nitrogens with one attached hydrogen (secondary N) is 2. The van der Waals surface area contributed by atoms with Crippen molar-refractivity contribution in [3.8, 4) is 0 Å². The van der Waals surface area contributed by atoms with Gasteiger partial charge in [0.25, 0.3) is 5.91 Å². The molecule has 0 aliphatic heterocycles. The highest BCUT2D eigenvalue weighted by Gasteiger charge is 2.09. The molecule has 0 aliphatic rings. The molecule has 25 heavy (non-hydrogen) atoms. The van der Waals surface area contributed by atoms with Crippen molar-refractivity contribution in [2.24, 2.45) is 0 Å². The fraction of sp³-hybridized carbons (Fsp3) is 0.235. The van der Waals surface area contributed by atoms with Crippen LogP contribution in [-0.4, -0.2) is 47.9 Å². The van der Waals surface area contributed by atoms with Crippen LogP contribution in [0.3, 0.4) is 0 Å². The molecular weight excluding hydrogens is 320 g/mol. The third kappa shape index (κ3) is 5.38. The SMILES string of the molecule is CNC(=O)/C(=C/c1ccnc(N(C)CCc2ccccn2)n1)NC=O. The Bertz CT molecular complexity index is 748. The Hall–Kier alpha value is -3.29. The quantitative estimate of drug-likeness (QED) is 0.532. The lowest BCUT2D eigenvalue weighted by Crippen LogP contribution is -2.28. The first kappa shape index (κ1) is 18.1. The Morgan fingerprint density at radius 2 is 2.08 bits per heavy atom. The number of pyridine rings is 1. The minimum absolute atomic E-state index is 0.110. The molecular formula is C17H20N6O2. The van der Waals surface area contributed by atoms with Crippen LogP contribution < -0.4 is 15.5 Å². The highest BCUT2D eigenvalue weighted by Crippen LogP contribution is 2.09. The molecule has 0 aliphatic carbocycles. The number of likely N-dealkylation sites (N-methyl/N-ethyl adjacent to an activating group) is 2. The van der Waals surface area contributed by atoms with Crippen LogP contribution in [0.4, 0.5) is 5.95 Å². The Labute approximate surface area is 146 Å². The van der Waals surface area contributed by atoms with Gasteiger partial charge in [-0.15, -0.1) is 0 Å². The second kappa shape index (κ2) is 9.11. The first-order valence-electron chi connectivity index (χ1n) is 7.72. The molecule has 2 aromatic heterocycles. The summed E-state index contributed by atoms with van der Waals surface area (Å²) in [5, 5.41) is 4.82.